The summed E-state index contributed by atoms with van der Waals surface area (Å²) in [5.74, 6) is -1.88. The van der Waals surface area contributed by atoms with E-state index in [1.165, 1.54) is 11.2 Å². The standard InChI is InChI=1S/C24H25F3N4O2/c25-24(26,27)22(32)15-30(13-18-7-3-6-17-5-1-2-9-21(17)18)14-20-8-4-10-31(20)23(33)11-19-12-28-16-29-19/h1-3,5-7,9,12,16,20H,4,8,10-11,13-15H2,(H,28,29)/t20-/m0/s1. The molecule has 0 spiro atoms. The van der Waals surface area contributed by atoms with Gasteiger partial charge in [0, 0.05) is 37.6 Å². The highest BCUT2D eigenvalue weighted by molar-refractivity contribution is 5.87. The molecule has 1 aliphatic heterocycles. The second-order valence-corrected chi connectivity index (χ2v) is 8.37. The van der Waals surface area contributed by atoms with Gasteiger partial charge >= 0.3 is 6.18 Å². The zero-order chi connectivity index (χ0) is 23.4. The molecule has 3 aromatic rings. The summed E-state index contributed by atoms with van der Waals surface area (Å²) >= 11 is 0. The number of Topliss-reactive ketones (excluding diaryl/α,β-unsaturated/α-hetero) is 1. The number of aromatic amines is 1. The Balaban J connectivity index is 1.54. The molecule has 0 saturated carbocycles. The van der Waals surface area contributed by atoms with Crippen LogP contribution in [0.4, 0.5) is 13.2 Å². The number of carbonyl (C=O) groups is 2. The molecule has 1 N–H and O–H groups in total. The molecule has 174 valence electrons. The largest absolute Gasteiger partial charge is 0.451 e. The zero-order valence-electron chi connectivity index (χ0n) is 18.0. The first-order valence-corrected chi connectivity index (χ1v) is 10.9. The molecule has 9 heteroatoms. The van der Waals surface area contributed by atoms with E-state index < -0.39 is 18.5 Å². The molecule has 1 amide bonds. The summed E-state index contributed by atoms with van der Waals surface area (Å²) in [6, 6.07) is 13.1. The highest BCUT2D eigenvalue weighted by atomic mass is 19.4. The van der Waals surface area contributed by atoms with Gasteiger partial charge in [0.25, 0.3) is 0 Å². The van der Waals surface area contributed by atoms with Crippen LogP contribution in [0.2, 0.25) is 0 Å². The summed E-state index contributed by atoms with van der Waals surface area (Å²) < 4.78 is 39.2. The normalized spacial score (nSPS) is 16.6. The number of benzene rings is 2. The molecule has 0 aliphatic carbocycles. The van der Waals surface area contributed by atoms with Gasteiger partial charge in [0.2, 0.25) is 11.7 Å². The van der Waals surface area contributed by atoms with E-state index in [-0.39, 0.29) is 31.5 Å². The Morgan fingerprint density at radius 2 is 1.94 bits per heavy atom. The predicted molar refractivity (Wildman–Crippen MR) is 117 cm³/mol. The summed E-state index contributed by atoms with van der Waals surface area (Å²) in [6.07, 6.45) is -0.212. The van der Waals surface area contributed by atoms with Crippen LogP contribution in [0.15, 0.2) is 55.0 Å². The van der Waals surface area contributed by atoms with Gasteiger partial charge < -0.3 is 9.88 Å². The van der Waals surface area contributed by atoms with Gasteiger partial charge in [0.05, 0.1) is 19.3 Å². The summed E-state index contributed by atoms with van der Waals surface area (Å²) in [4.78, 5) is 34.8. The van der Waals surface area contributed by atoms with Crippen LogP contribution in [0.3, 0.4) is 0 Å². The molecule has 4 rings (SSSR count). The number of hydrogen-bond acceptors (Lipinski definition) is 4. The van der Waals surface area contributed by atoms with E-state index in [1.54, 1.807) is 11.1 Å². The van der Waals surface area contributed by atoms with Crippen LogP contribution in [0.1, 0.15) is 24.1 Å². The first kappa shape index (κ1) is 23.0. The van der Waals surface area contributed by atoms with Gasteiger partial charge in [0.1, 0.15) is 0 Å². The molecule has 0 bridgehead atoms. The lowest BCUT2D eigenvalue weighted by atomic mass is 10.0. The smallest absolute Gasteiger partial charge is 0.348 e. The van der Waals surface area contributed by atoms with Gasteiger partial charge in [-0.25, -0.2) is 4.98 Å². The molecule has 33 heavy (non-hydrogen) atoms. The Morgan fingerprint density at radius 3 is 2.70 bits per heavy atom. The SMILES string of the molecule is O=C(Cc1cnc[nH]1)N1CCC[C@H]1CN(CC(=O)C(F)(F)F)Cc1cccc2ccccc12. The monoisotopic (exact) mass is 458 g/mol. The number of fused-ring (bicyclic) bond motifs is 1. The molecule has 1 fully saturated rings. The second kappa shape index (κ2) is 9.74. The van der Waals surface area contributed by atoms with Crippen LogP contribution in [0.25, 0.3) is 10.8 Å². The van der Waals surface area contributed by atoms with Crippen molar-refractivity contribution in [2.75, 3.05) is 19.6 Å². The Kier molecular flexibility index (Phi) is 6.78. The molecular formula is C24H25F3N4O2. The van der Waals surface area contributed by atoms with Crippen LogP contribution in [-0.4, -0.2) is 63.3 Å². The number of ketones is 1. The first-order chi connectivity index (χ1) is 15.8. The third kappa shape index (κ3) is 5.60. The van der Waals surface area contributed by atoms with Gasteiger partial charge in [-0.3, -0.25) is 14.5 Å². The zero-order valence-corrected chi connectivity index (χ0v) is 18.0. The van der Waals surface area contributed by atoms with Crippen molar-refractivity contribution in [3.8, 4) is 0 Å². The molecule has 0 unspecified atom stereocenters. The number of carbonyl (C=O) groups excluding carboxylic acids is 2. The average Bonchev–Trinajstić information content (AvgIpc) is 3.45. The second-order valence-electron chi connectivity index (χ2n) is 8.37. The number of aromatic nitrogens is 2. The number of amides is 1. The highest BCUT2D eigenvalue weighted by Gasteiger charge is 2.40. The van der Waals surface area contributed by atoms with E-state index in [2.05, 4.69) is 9.97 Å². The van der Waals surface area contributed by atoms with Crippen LogP contribution in [-0.2, 0) is 22.6 Å². The van der Waals surface area contributed by atoms with Gasteiger partial charge in [-0.15, -0.1) is 0 Å². The summed E-state index contributed by atoms with van der Waals surface area (Å²) in [7, 11) is 0. The van der Waals surface area contributed by atoms with Crippen molar-refractivity contribution >= 4 is 22.5 Å². The van der Waals surface area contributed by atoms with Crippen LogP contribution in [0.5, 0.6) is 0 Å². The van der Waals surface area contributed by atoms with Gasteiger partial charge in [-0.05, 0) is 29.2 Å². The van der Waals surface area contributed by atoms with E-state index in [0.29, 0.717) is 18.7 Å². The van der Waals surface area contributed by atoms with Crippen molar-refractivity contribution in [1.82, 2.24) is 19.8 Å². The van der Waals surface area contributed by atoms with Crippen molar-refractivity contribution < 1.29 is 22.8 Å². The molecule has 2 heterocycles. The molecular weight excluding hydrogens is 433 g/mol. The highest BCUT2D eigenvalue weighted by Crippen LogP contribution is 2.25. The van der Waals surface area contributed by atoms with Gasteiger partial charge in [0.15, 0.2) is 0 Å². The minimum Gasteiger partial charge on any atom is -0.348 e. The minimum atomic E-state index is -4.90. The molecule has 1 aliphatic rings. The Labute approximate surface area is 189 Å². The Bertz CT molecular complexity index is 1110. The van der Waals surface area contributed by atoms with Crippen molar-refractivity contribution in [3.05, 3.63) is 66.2 Å². The van der Waals surface area contributed by atoms with E-state index in [9.17, 15) is 22.8 Å². The van der Waals surface area contributed by atoms with Crippen molar-refractivity contribution in [2.45, 2.75) is 38.0 Å². The topological polar surface area (TPSA) is 69.3 Å². The van der Waals surface area contributed by atoms with Crippen LogP contribution < -0.4 is 0 Å². The maximum Gasteiger partial charge on any atom is 0.451 e. The summed E-state index contributed by atoms with van der Waals surface area (Å²) in [6.45, 7) is 0.181. The van der Waals surface area contributed by atoms with Crippen molar-refractivity contribution in [2.24, 2.45) is 0 Å². The maximum absolute atomic E-state index is 13.1. The number of hydrogen-bond donors (Lipinski definition) is 1. The van der Waals surface area contributed by atoms with Crippen LogP contribution in [0, 0.1) is 0 Å². The molecule has 1 atom stereocenters. The first-order valence-electron chi connectivity index (χ1n) is 10.9. The van der Waals surface area contributed by atoms with Crippen molar-refractivity contribution in [3.63, 3.8) is 0 Å². The summed E-state index contributed by atoms with van der Waals surface area (Å²) in [5.41, 5.74) is 1.53. The predicted octanol–water partition coefficient (Wildman–Crippen LogP) is 3.73. The molecule has 1 saturated heterocycles. The number of halogens is 3. The number of imidazole rings is 1. The fourth-order valence-corrected chi connectivity index (χ4v) is 4.45. The minimum absolute atomic E-state index is 0.103. The number of likely N-dealkylation sites (tertiary alicyclic amines) is 1. The van der Waals surface area contributed by atoms with Crippen LogP contribution >= 0.6 is 0 Å². The van der Waals surface area contributed by atoms with Gasteiger partial charge in [-0.1, -0.05) is 42.5 Å². The average molecular weight is 458 g/mol. The number of nitrogens with one attached hydrogen (secondary N) is 1. The lowest BCUT2D eigenvalue weighted by molar-refractivity contribution is -0.172. The Hall–Kier alpha value is -3.20. The van der Waals surface area contributed by atoms with E-state index in [1.807, 2.05) is 42.5 Å². The van der Waals surface area contributed by atoms with E-state index >= 15 is 0 Å². The molecule has 6 nitrogen and oxygen atoms in total. The quantitative estimate of drug-likeness (QED) is 0.559. The molecule has 0 radical (unpaired) electrons. The third-order valence-corrected chi connectivity index (χ3v) is 6.02. The molecule has 2 aromatic carbocycles. The number of nitrogens with zero attached hydrogens (tertiary/aromatic N) is 3. The van der Waals surface area contributed by atoms with Gasteiger partial charge in [-0.2, -0.15) is 13.2 Å². The number of H-pyrrole nitrogens is 1. The maximum atomic E-state index is 13.1. The summed E-state index contributed by atoms with van der Waals surface area (Å²) in [5, 5.41) is 1.91. The van der Waals surface area contributed by atoms with E-state index in [4.69, 9.17) is 0 Å². The fourth-order valence-electron chi connectivity index (χ4n) is 4.45. The number of alkyl halides is 3. The fraction of sp³-hybridized carbons (Fsp3) is 0.375. The van der Waals surface area contributed by atoms with Crippen molar-refractivity contribution in [1.29, 1.82) is 0 Å². The third-order valence-electron chi connectivity index (χ3n) is 6.02. The molecule has 1 aromatic heterocycles. The lowest BCUT2D eigenvalue weighted by Crippen LogP contribution is -2.46. The Morgan fingerprint density at radius 1 is 1.15 bits per heavy atom. The number of rotatable bonds is 8. The van der Waals surface area contributed by atoms with E-state index in [0.717, 1.165) is 22.8 Å². The lowest BCUT2D eigenvalue weighted by Gasteiger charge is -2.31.